The third-order valence-electron chi connectivity index (χ3n) is 3.47. The van der Waals surface area contributed by atoms with Gasteiger partial charge in [-0.25, -0.2) is 0 Å². The van der Waals surface area contributed by atoms with Crippen molar-refractivity contribution >= 4 is 15.9 Å². The molecule has 0 aliphatic heterocycles. The standard InChI is InChI=1S/C18H31BrN2/c1-14(2)9-10-21(6)13-16-8-7-15(11-17(16)19)12-20-18(3,4)5/h7-8,11,14,20H,9-10,12-13H2,1-6H3. The lowest BCUT2D eigenvalue weighted by Gasteiger charge is -2.21. The van der Waals surface area contributed by atoms with Gasteiger partial charge >= 0.3 is 0 Å². The fraction of sp³-hybridized carbons (Fsp3) is 0.667. The highest BCUT2D eigenvalue weighted by Crippen LogP contribution is 2.21. The topological polar surface area (TPSA) is 15.3 Å². The molecule has 0 saturated carbocycles. The summed E-state index contributed by atoms with van der Waals surface area (Å²) in [5, 5.41) is 3.53. The Kier molecular flexibility index (Phi) is 7.38. The van der Waals surface area contributed by atoms with E-state index in [1.165, 1.54) is 22.0 Å². The van der Waals surface area contributed by atoms with Crippen LogP contribution in [0.15, 0.2) is 22.7 Å². The van der Waals surface area contributed by atoms with E-state index in [1.54, 1.807) is 0 Å². The van der Waals surface area contributed by atoms with Crippen LogP contribution in [0.1, 0.15) is 52.2 Å². The van der Waals surface area contributed by atoms with E-state index in [1.807, 2.05) is 0 Å². The Morgan fingerprint density at radius 3 is 2.43 bits per heavy atom. The number of hydrogen-bond donors (Lipinski definition) is 1. The lowest BCUT2D eigenvalue weighted by atomic mass is 10.1. The molecule has 120 valence electrons. The van der Waals surface area contributed by atoms with E-state index in [9.17, 15) is 0 Å². The van der Waals surface area contributed by atoms with E-state index in [0.29, 0.717) is 0 Å². The summed E-state index contributed by atoms with van der Waals surface area (Å²) in [5.74, 6) is 0.765. The Morgan fingerprint density at radius 2 is 1.90 bits per heavy atom. The van der Waals surface area contributed by atoms with Gasteiger partial charge in [-0.05, 0) is 63.9 Å². The molecular formula is C18H31BrN2. The predicted octanol–water partition coefficient (Wildman–Crippen LogP) is 4.82. The highest BCUT2D eigenvalue weighted by atomic mass is 79.9. The van der Waals surface area contributed by atoms with E-state index in [-0.39, 0.29) is 5.54 Å². The summed E-state index contributed by atoms with van der Waals surface area (Å²) in [7, 11) is 2.20. The summed E-state index contributed by atoms with van der Waals surface area (Å²) < 4.78 is 1.21. The van der Waals surface area contributed by atoms with Crippen LogP contribution in [0.2, 0.25) is 0 Å². The Balaban J connectivity index is 2.57. The average Bonchev–Trinajstić information content (AvgIpc) is 2.36. The monoisotopic (exact) mass is 354 g/mol. The molecular weight excluding hydrogens is 324 g/mol. The van der Waals surface area contributed by atoms with Crippen LogP contribution in [-0.2, 0) is 13.1 Å². The molecule has 0 unspecified atom stereocenters. The van der Waals surface area contributed by atoms with Crippen molar-refractivity contribution in [2.75, 3.05) is 13.6 Å². The van der Waals surface area contributed by atoms with Crippen LogP contribution in [0.3, 0.4) is 0 Å². The molecule has 0 radical (unpaired) electrons. The van der Waals surface area contributed by atoms with Crippen LogP contribution in [-0.4, -0.2) is 24.0 Å². The van der Waals surface area contributed by atoms with Crippen molar-refractivity contribution in [3.63, 3.8) is 0 Å². The van der Waals surface area contributed by atoms with Crippen molar-refractivity contribution in [3.05, 3.63) is 33.8 Å². The van der Waals surface area contributed by atoms with Gasteiger partial charge in [0, 0.05) is 23.1 Å². The van der Waals surface area contributed by atoms with Crippen LogP contribution in [0, 0.1) is 5.92 Å². The minimum Gasteiger partial charge on any atom is -0.308 e. The zero-order valence-electron chi connectivity index (χ0n) is 14.5. The van der Waals surface area contributed by atoms with Crippen LogP contribution in [0.4, 0.5) is 0 Å². The van der Waals surface area contributed by atoms with Gasteiger partial charge in [0.25, 0.3) is 0 Å². The van der Waals surface area contributed by atoms with Crippen LogP contribution >= 0.6 is 15.9 Å². The molecule has 0 heterocycles. The second kappa shape index (κ2) is 8.30. The molecule has 1 N–H and O–H groups in total. The van der Waals surface area contributed by atoms with Gasteiger partial charge in [0.15, 0.2) is 0 Å². The molecule has 0 fully saturated rings. The molecule has 0 bridgehead atoms. The second-order valence-electron chi connectivity index (χ2n) is 7.45. The van der Waals surface area contributed by atoms with Crippen molar-refractivity contribution in [2.45, 2.75) is 59.7 Å². The Morgan fingerprint density at radius 1 is 1.24 bits per heavy atom. The van der Waals surface area contributed by atoms with E-state index in [0.717, 1.165) is 25.6 Å². The van der Waals surface area contributed by atoms with Gasteiger partial charge in [-0.3, -0.25) is 0 Å². The van der Waals surface area contributed by atoms with Crippen molar-refractivity contribution in [2.24, 2.45) is 5.92 Å². The van der Waals surface area contributed by atoms with Crippen LogP contribution in [0.25, 0.3) is 0 Å². The van der Waals surface area contributed by atoms with Crippen molar-refractivity contribution in [1.29, 1.82) is 0 Å². The van der Waals surface area contributed by atoms with Gasteiger partial charge < -0.3 is 10.2 Å². The Labute approximate surface area is 139 Å². The first kappa shape index (κ1) is 18.7. The number of halogens is 1. The first-order valence-electron chi connectivity index (χ1n) is 7.88. The SMILES string of the molecule is CC(C)CCN(C)Cc1ccc(CNC(C)(C)C)cc1Br. The molecule has 1 aromatic carbocycles. The predicted molar refractivity (Wildman–Crippen MR) is 96.5 cm³/mol. The molecule has 0 spiro atoms. The number of benzene rings is 1. The van der Waals surface area contributed by atoms with Crippen molar-refractivity contribution in [3.8, 4) is 0 Å². The van der Waals surface area contributed by atoms with E-state index < -0.39 is 0 Å². The zero-order valence-corrected chi connectivity index (χ0v) is 16.0. The van der Waals surface area contributed by atoms with E-state index in [4.69, 9.17) is 0 Å². The first-order chi connectivity index (χ1) is 9.67. The maximum absolute atomic E-state index is 3.72. The minimum atomic E-state index is 0.155. The summed E-state index contributed by atoms with van der Waals surface area (Å²) in [6, 6.07) is 6.72. The Hall–Kier alpha value is -0.380. The molecule has 0 aliphatic carbocycles. The molecule has 1 rings (SSSR count). The second-order valence-corrected chi connectivity index (χ2v) is 8.30. The van der Waals surface area contributed by atoms with Crippen LogP contribution in [0.5, 0.6) is 0 Å². The molecule has 0 saturated heterocycles. The summed E-state index contributed by atoms with van der Waals surface area (Å²) >= 11 is 3.72. The molecule has 0 aliphatic rings. The lowest BCUT2D eigenvalue weighted by Crippen LogP contribution is -2.35. The van der Waals surface area contributed by atoms with Gasteiger partial charge in [-0.15, -0.1) is 0 Å². The highest BCUT2D eigenvalue weighted by Gasteiger charge is 2.10. The molecule has 2 nitrogen and oxygen atoms in total. The average molecular weight is 355 g/mol. The third-order valence-corrected chi connectivity index (χ3v) is 4.21. The quantitative estimate of drug-likeness (QED) is 0.755. The van der Waals surface area contributed by atoms with Crippen molar-refractivity contribution in [1.82, 2.24) is 10.2 Å². The maximum Gasteiger partial charge on any atom is 0.0241 e. The molecule has 3 heteroatoms. The fourth-order valence-electron chi connectivity index (χ4n) is 2.04. The van der Waals surface area contributed by atoms with Gasteiger partial charge in [-0.2, -0.15) is 0 Å². The summed E-state index contributed by atoms with van der Waals surface area (Å²) in [5.41, 5.74) is 2.84. The fourth-order valence-corrected chi connectivity index (χ4v) is 2.60. The van der Waals surface area contributed by atoms with E-state index >= 15 is 0 Å². The summed E-state index contributed by atoms with van der Waals surface area (Å²) in [4.78, 5) is 2.40. The Bertz CT molecular complexity index is 435. The highest BCUT2D eigenvalue weighted by molar-refractivity contribution is 9.10. The van der Waals surface area contributed by atoms with Gasteiger partial charge in [0.2, 0.25) is 0 Å². The smallest absolute Gasteiger partial charge is 0.0241 e. The van der Waals surface area contributed by atoms with Gasteiger partial charge in [0.05, 0.1) is 0 Å². The molecule has 1 aromatic rings. The summed E-state index contributed by atoms with van der Waals surface area (Å²) in [6.07, 6.45) is 1.25. The third kappa shape index (κ3) is 7.98. The largest absolute Gasteiger partial charge is 0.308 e. The lowest BCUT2D eigenvalue weighted by molar-refractivity contribution is 0.303. The first-order valence-corrected chi connectivity index (χ1v) is 8.67. The number of nitrogens with one attached hydrogen (secondary N) is 1. The minimum absolute atomic E-state index is 0.155. The van der Waals surface area contributed by atoms with Gasteiger partial charge in [0.1, 0.15) is 0 Å². The normalized spacial score (nSPS) is 12.4. The van der Waals surface area contributed by atoms with Gasteiger partial charge in [-0.1, -0.05) is 41.9 Å². The molecule has 0 amide bonds. The van der Waals surface area contributed by atoms with E-state index in [2.05, 4.69) is 86.0 Å². The number of nitrogens with zero attached hydrogens (tertiary/aromatic N) is 1. The van der Waals surface area contributed by atoms with Crippen LogP contribution < -0.4 is 5.32 Å². The molecule has 0 aromatic heterocycles. The van der Waals surface area contributed by atoms with Crippen molar-refractivity contribution < 1.29 is 0 Å². The number of rotatable bonds is 7. The molecule has 0 atom stereocenters. The zero-order chi connectivity index (χ0) is 16.0. The maximum atomic E-state index is 3.72. The summed E-state index contributed by atoms with van der Waals surface area (Å²) in [6.45, 7) is 14.2. The number of hydrogen-bond acceptors (Lipinski definition) is 2. The molecule has 21 heavy (non-hydrogen) atoms.